The number of hydrogen-bond donors (Lipinski definition) is 2. The summed E-state index contributed by atoms with van der Waals surface area (Å²) in [6.45, 7) is 6.59. The Balaban J connectivity index is 3.01. The van der Waals surface area contributed by atoms with E-state index in [1.165, 1.54) is 0 Å². The van der Waals surface area contributed by atoms with Crippen molar-refractivity contribution in [1.82, 2.24) is 0 Å². The average molecular weight is 316 g/mol. The van der Waals surface area contributed by atoms with Crippen LogP contribution in [0.3, 0.4) is 0 Å². The lowest BCUT2D eigenvalue weighted by molar-refractivity contribution is 0.288. The maximum Gasteiger partial charge on any atom is 0.236 e. The molecule has 7 heteroatoms. The molecule has 1 unspecified atom stereocenters. The van der Waals surface area contributed by atoms with Crippen molar-refractivity contribution in [3.8, 4) is 11.5 Å². The van der Waals surface area contributed by atoms with Gasteiger partial charge in [-0.25, -0.2) is 8.42 Å². The number of benzene rings is 1. The van der Waals surface area contributed by atoms with E-state index in [1.54, 1.807) is 25.1 Å². The highest BCUT2D eigenvalue weighted by Gasteiger charge is 2.22. The molecule has 6 nitrogen and oxygen atoms in total. The van der Waals surface area contributed by atoms with Gasteiger partial charge in [0, 0.05) is 12.6 Å². The van der Waals surface area contributed by atoms with Crippen LogP contribution in [0.5, 0.6) is 11.5 Å². The third-order valence-electron chi connectivity index (χ3n) is 2.96. The molecule has 1 atom stereocenters. The quantitative estimate of drug-likeness (QED) is 0.727. The Morgan fingerprint density at radius 3 is 2.29 bits per heavy atom. The predicted molar refractivity (Wildman–Crippen MR) is 84.5 cm³/mol. The molecule has 0 aliphatic carbocycles. The molecule has 0 aromatic heterocycles. The molecule has 1 aromatic carbocycles. The lowest BCUT2D eigenvalue weighted by Gasteiger charge is -2.17. The highest BCUT2D eigenvalue weighted by atomic mass is 32.2. The SMILES string of the molecule is CCOc1ccc(NS(=O)(=O)C(CC)CN)cc1OCC. The van der Waals surface area contributed by atoms with Gasteiger partial charge in [-0.05, 0) is 32.4 Å². The van der Waals surface area contributed by atoms with Crippen LogP contribution in [0.1, 0.15) is 27.2 Å². The molecule has 21 heavy (non-hydrogen) atoms. The van der Waals surface area contributed by atoms with Gasteiger partial charge in [0.1, 0.15) is 0 Å². The van der Waals surface area contributed by atoms with E-state index in [1.807, 2.05) is 13.8 Å². The normalized spacial score (nSPS) is 12.8. The zero-order valence-electron chi connectivity index (χ0n) is 12.8. The highest BCUT2D eigenvalue weighted by molar-refractivity contribution is 7.93. The minimum absolute atomic E-state index is 0.0845. The van der Waals surface area contributed by atoms with Crippen LogP contribution in [0.4, 0.5) is 5.69 Å². The lowest BCUT2D eigenvalue weighted by Crippen LogP contribution is -2.33. The van der Waals surface area contributed by atoms with Crippen molar-refractivity contribution >= 4 is 15.7 Å². The second-order valence-corrected chi connectivity index (χ2v) is 6.40. The minimum Gasteiger partial charge on any atom is -0.490 e. The number of rotatable bonds is 9. The summed E-state index contributed by atoms with van der Waals surface area (Å²) in [4.78, 5) is 0. The van der Waals surface area contributed by atoms with Crippen LogP contribution < -0.4 is 19.9 Å². The lowest BCUT2D eigenvalue weighted by atomic mass is 10.3. The second-order valence-electron chi connectivity index (χ2n) is 4.44. The van der Waals surface area contributed by atoms with Gasteiger partial charge in [-0.3, -0.25) is 4.72 Å². The summed E-state index contributed by atoms with van der Waals surface area (Å²) in [7, 11) is -3.50. The third-order valence-corrected chi connectivity index (χ3v) is 4.88. The summed E-state index contributed by atoms with van der Waals surface area (Å²) >= 11 is 0. The molecule has 3 N–H and O–H groups in total. The monoisotopic (exact) mass is 316 g/mol. The van der Waals surface area contributed by atoms with Gasteiger partial charge in [0.05, 0.1) is 24.2 Å². The van der Waals surface area contributed by atoms with Gasteiger partial charge < -0.3 is 15.2 Å². The number of sulfonamides is 1. The summed E-state index contributed by atoms with van der Waals surface area (Å²) in [5, 5.41) is -0.611. The Kier molecular flexibility index (Phi) is 6.77. The standard InChI is InChI=1S/C14H24N2O4S/c1-4-12(10-15)21(17,18)16-11-7-8-13(19-5-2)14(9-11)20-6-3/h7-9,12,16H,4-6,10,15H2,1-3H3. The Bertz CT molecular complexity index is 542. The first kappa shape index (κ1) is 17.6. The van der Waals surface area contributed by atoms with E-state index in [9.17, 15) is 8.42 Å². The number of anilines is 1. The molecule has 0 saturated heterocycles. The molecule has 0 aliphatic heterocycles. The third kappa shape index (κ3) is 4.78. The maximum atomic E-state index is 12.2. The fraction of sp³-hybridized carbons (Fsp3) is 0.571. The molecule has 0 radical (unpaired) electrons. The highest BCUT2D eigenvalue weighted by Crippen LogP contribution is 2.31. The molecular weight excluding hydrogens is 292 g/mol. The smallest absolute Gasteiger partial charge is 0.236 e. The number of nitrogens with one attached hydrogen (secondary N) is 1. The fourth-order valence-electron chi connectivity index (χ4n) is 1.87. The summed E-state index contributed by atoms with van der Waals surface area (Å²) in [5.41, 5.74) is 5.94. The first-order chi connectivity index (χ1) is 9.98. The molecular formula is C14H24N2O4S. The Morgan fingerprint density at radius 1 is 1.14 bits per heavy atom. The molecule has 0 amide bonds. The van der Waals surface area contributed by atoms with Crippen molar-refractivity contribution in [1.29, 1.82) is 0 Å². The summed E-state index contributed by atoms with van der Waals surface area (Å²) in [6.07, 6.45) is 0.460. The molecule has 0 aliphatic rings. The van der Waals surface area contributed by atoms with E-state index >= 15 is 0 Å². The molecule has 0 spiro atoms. The summed E-state index contributed by atoms with van der Waals surface area (Å²) in [6, 6.07) is 4.96. The average Bonchev–Trinajstić information content (AvgIpc) is 2.42. The van der Waals surface area contributed by atoms with Crippen LogP contribution in [-0.2, 0) is 10.0 Å². The van der Waals surface area contributed by atoms with Gasteiger partial charge in [0.15, 0.2) is 11.5 Å². The van der Waals surface area contributed by atoms with Crippen molar-refractivity contribution in [2.45, 2.75) is 32.4 Å². The summed E-state index contributed by atoms with van der Waals surface area (Å²) < 4.78 is 37.8. The van der Waals surface area contributed by atoms with Crippen LogP contribution in [0.15, 0.2) is 18.2 Å². The van der Waals surface area contributed by atoms with Crippen LogP contribution >= 0.6 is 0 Å². The van der Waals surface area contributed by atoms with Crippen LogP contribution in [0.2, 0.25) is 0 Å². The molecule has 0 fully saturated rings. The van der Waals surface area contributed by atoms with Crippen LogP contribution in [0, 0.1) is 0 Å². The first-order valence-electron chi connectivity index (χ1n) is 7.09. The van der Waals surface area contributed by atoms with Gasteiger partial charge >= 0.3 is 0 Å². The largest absolute Gasteiger partial charge is 0.490 e. The molecule has 0 heterocycles. The second kappa shape index (κ2) is 8.09. The molecule has 0 saturated carbocycles. The maximum absolute atomic E-state index is 12.2. The molecule has 1 aromatic rings. The van der Waals surface area contributed by atoms with Gasteiger partial charge in [0.25, 0.3) is 0 Å². The zero-order chi connectivity index (χ0) is 15.9. The molecule has 0 bridgehead atoms. The minimum atomic E-state index is -3.50. The molecule has 1 rings (SSSR count). The van der Waals surface area contributed by atoms with Crippen LogP contribution in [-0.4, -0.2) is 33.4 Å². The Labute approximate surface area is 126 Å². The van der Waals surface area contributed by atoms with E-state index in [0.717, 1.165) is 0 Å². The van der Waals surface area contributed by atoms with Crippen molar-refractivity contribution in [3.05, 3.63) is 18.2 Å². The van der Waals surface area contributed by atoms with E-state index < -0.39 is 15.3 Å². The number of ether oxygens (including phenoxy) is 2. The van der Waals surface area contributed by atoms with Crippen molar-refractivity contribution in [3.63, 3.8) is 0 Å². The van der Waals surface area contributed by atoms with Crippen molar-refractivity contribution in [2.75, 3.05) is 24.5 Å². The number of hydrogen-bond acceptors (Lipinski definition) is 5. The van der Waals surface area contributed by atoms with E-state index in [4.69, 9.17) is 15.2 Å². The van der Waals surface area contributed by atoms with Gasteiger partial charge in [-0.15, -0.1) is 0 Å². The first-order valence-corrected chi connectivity index (χ1v) is 8.64. The Hall–Kier alpha value is -1.47. The van der Waals surface area contributed by atoms with E-state index in [-0.39, 0.29) is 6.54 Å². The summed E-state index contributed by atoms with van der Waals surface area (Å²) in [5.74, 6) is 1.11. The predicted octanol–water partition coefficient (Wildman–Crippen LogP) is 1.96. The van der Waals surface area contributed by atoms with Gasteiger partial charge in [0.2, 0.25) is 10.0 Å². The van der Waals surface area contributed by atoms with Crippen molar-refractivity contribution in [2.24, 2.45) is 5.73 Å². The van der Waals surface area contributed by atoms with Crippen molar-refractivity contribution < 1.29 is 17.9 Å². The van der Waals surface area contributed by atoms with E-state index in [0.29, 0.717) is 36.8 Å². The zero-order valence-corrected chi connectivity index (χ0v) is 13.6. The Morgan fingerprint density at radius 2 is 1.76 bits per heavy atom. The molecule has 120 valence electrons. The number of nitrogens with two attached hydrogens (primary N) is 1. The topological polar surface area (TPSA) is 90.7 Å². The van der Waals surface area contributed by atoms with Crippen LogP contribution in [0.25, 0.3) is 0 Å². The van der Waals surface area contributed by atoms with E-state index in [2.05, 4.69) is 4.72 Å². The van der Waals surface area contributed by atoms with Gasteiger partial charge in [-0.1, -0.05) is 6.92 Å². The van der Waals surface area contributed by atoms with Gasteiger partial charge in [-0.2, -0.15) is 0 Å². The fourth-order valence-corrected chi connectivity index (χ4v) is 3.19.